The molecule has 0 bridgehead atoms. The molecule has 7 aromatic carbocycles. The predicted octanol–water partition coefficient (Wildman–Crippen LogP) is 12.0. The third-order valence-electron chi connectivity index (χ3n) is 8.93. The molecular weight excluding hydrogens is 562 g/mol. The number of para-hydroxylation sites is 2. The maximum atomic E-state index is 10.1. The zero-order valence-electron chi connectivity index (χ0n) is 24.7. The van der Waals surface area contributed by atoms with E-state index >= 15 is 0 Å². The Morgan fingerprint density at radius 2 is 0.891 bits per heavy atom. The van der Waals surface area contributed by atoms with Crippen molar-refractivity contribution in [3.8, 4) is 50.6 Å². The van der Waals surface area contributed by atoms with Crippen LogP contribution in [0.3, 0.4) is 0 Å². The molecule has 0 radical (unpaired) electrons. The standard InChI is InChI=1S/C43H25NO2/c44-26-30-12-4-5-13-32(30)31-24-35(27-10-2-1-3-11-27)43(29-19-21-42-38(23-29)34-15-7-9-17-40(34)46-42)36(25-31)28-18-20-41-37(22-28)33-14-6-8-16-39(33)45-41/h1-25H. The lowest BCUT2D eigenvalue weighted by Crippen LogP contribution is -1.94. The molecule has 0 N–H and O–H groups in total. The highest BCUT2D eigenvalue weighted by Crippen LogP contribution is 2.46. The third-order valence-corrected chi connectivity index (χ3v) is 8.93. The molecule has 46 heavy (non-hydrogen) atoms. The highest BCUT2D eigenvalue weighted by molar-refractivity contribution is 6.10. The van der Waals surface area contributed by atoms with Gasteiger partial charge in [-0.05, 0) is 99.1 Å². The van der Waals surface area contributed by atoms with E-state index in [1.165, 1.54) is 0 Å². The molecule has 0 fully saturated rings. The van der Waals surface area contributed by atoms with Gasteiger partial charge < -0.3 is 8.83 Å². The largest absolute Gasteiger partial charge is 0.456 e. The average Bonchev–Trinajstić information content (AvgIpc) is 3.69. The number of nitrogens with zero attached hydrogens (tertiary/aromatic N) is 1. The lowest BCUT2D eigenvalue weighted by molar-refractivity contribution is 0.668. The molecule has 0 atom stereocenters. The summed E-state index contributed by atoms with van der Waals surface area (Å²) in [6, 6.07) is 54.5. The number of furan rings is 2. The maximum absolute atomic E-state index is 10.1. The van der Waals surface area contributed by atoms with Crippen LogP contribution in [0, 0.1) is 11.3 Å². The molecule has 2 aromatic heterocycles. The van der Waals surface area contributed by atoms with E-state index < -0.39 is 0 Å². The molecular formula is C43H25NO2. The van der Waals surface area contributed by atoms with Gasteiger partial charge in [-0.15, -0.1) is 0 Å². The Kier molecular flexibility index (Phi) is 5.88. The Morgan fingerprint density at radius 1 is 0.370 bits per heavy atom. The highest BCUT2D eigenvalue weighted by Gasteiger charge is 2.20. The van der Waals surface area contributed by atoms with Crippen molar-refractivity contribution in [3.05, 3.63) is 157 Å². The highest BCUT2D eigenvalue weighted by atomic mass is 16.3. The molecule has 0 aliphatic carbocycles. The fourth-order valence-corrected chi connectivity index (χ4v) is 6.79. The van der Waals surface area contributed by atoms with E-state index in [-0.39, 0.29) is 0 Å². The Morgan fingerprint density at radius 3 is 1.57 bits per heavy atom. The first kappa shape index (κ1) is 26.1. The minimum absolute atomic E-state index is 0.641. The van der Waals surface area contributed by atoms with Crippen molar-refractivity contribution in [2.75, 3.05) is 0 Å². The summed E-state index contributed by atoms with van der Waals surface area (Å²) in [6.07, 6.45) is 0. The summed E-state index contributed by atoms with van der Waals surface area (Å²) in [5.41, 5.74) is 12.5. The quantitative estimate of drug-likeness (QED) is 0.206. The molecule has 9 aromatic rings. The molecule has 0 amide bonds. The fourth-order valence-electron chi connectivity index (χ4n) is 6.79. The Labute approximate surface area is 265 Å². The summed E-state index contributed by atoms with van der Waals surface area (Å²) in [6.45, 7) is 0. The molecule has 0 saturated carbocycles. The van der Waals surface area contributed by atoms with Crippen molar-refractivity contribution in [2.45, 2.75) is 0 Å². The first-order chi connectivity index (χ1) is 22.7. The number of rotatable bonds is 4. The summed E-state index contributed by atoms with van der Waals surface area (Å²) in [5.74, 6) is 0. The molecule has 0 aliphatic rings. The van der Waals surface area contributed by atoms with Gasteiger partial charge in [-0.25, -0.2) is 0 Å². The van der Waals surface area contributed by atoms with Gasteiger partial charge in [0.25, 0.3) is 0 Å². The molecule has 3 nitrogen and oxygen atoms in total. The molecule has 214 valence electrons. The van der Waals surface area contributed by atoms with Gasteiger partial charge in [0, 0.05) is 21.5 Å². The third kappa shape index (κ3) is 4.13. The van der Waals surface area contributed by atoms with Gasteiger partial charge in [0.05, 0.1) is 11.6 Å². The Hall–Kier alpha value is -6.37. The van der Waals surface area contributed by atoms with Crippen LogP contribution in [0.5, 0.6) is 0 Å². The van der Waals surface area contributed by atoms with E-state index in [4.69, 9.17) is 8.83 Å². The zero-order valence-corrected chi connectivity index (χ0v) is 24.7. The summed E-state index contributed by atoms with van der Waals surface area (Å²) >= 11 is 0. The summed E-state index contributed by atoms with van der Waals surface area (Å²) in [4.78, 5) is 0. The van der Waals surface area contributed by atoms with Gasteiger partial charge in [-0.1, -0.05) is 97.1 Å². The van der Waals surface area contributed by atoms with Crippen LogP contribution in [-0.2, 0) is 0 Å². The predicted molar refractivity (Wildman–Crippen MR) is 187 cm³/mol. The second kappa shape index (κ2) is 10.4. The molecule has 9 rings (SSSR count). The van der Waals surface area contributed by atoms with Crippen molar-refractivity contribution in [1.29, 1.82) is 5.26 Å². The van der Waals surface area contributed by atoms with Crippen LogP contribution in [0.4, 0.5) is 0 Å². The van der Waals surface area contributed by atoms with E-state index in [0.29, 0.717) is 5.56 Å². The van der Waals surface area contributed by atoms with E-state index in [2.05, 4.69) is 97.1 Å². The Balaban J connectivity index is 1.41. The molecule has 0 unspecified atom stereocenters. The van der Waals surface area contributed by atoms with Crippen molar-refractivity contribution in [3.63, 3.8) is 0 Å². The topological polar surface area (TPSA) is 50.1 Å². The average molecular weight is 588 g/mol. The molecule has 2 heterocycles. The second-order valence-corrected chi connectivity index (χ2v) is 11.6. The second-order valence-electron chi connectivity index (χ2n) is 11.6. The van der Waals surface area contributed by atoms with E-state index in [9.17, 15) is 5.26 Å². The van der Waals surface area contributed by atoms with Crippen molar-refractivity contribution in [2.24, 2.45) is 0 Å². The van der Waals surface area contributed by atoms with Crippen molar-refractivity contribution >= 4 is 43.9 Å². The van der Waals surface area contributed by atoms with Gasteiger partial charge >= 0.3 is 0 Å². The monoisotopic (exact) mass is 587 g/mol. The van der Waals surface area contributed by atoms with Crippen LogP contribution in [-0.4, -0.2) is 0 Å². The SMILES string of the molecule is N#Cc1ccccc1-c1cc(-c2ccccc2)c(-c2ccc3oc4ccccc4c3c2)c(-c2ccc3oc4ccccc4c3c2)c1. The van der Waals surface area contributed by atoms with E-state index in [1.54, 1.807) is 0 Å². The smallest absolute Gasteiger partial charge is 0.135 e. The minimum Gasteiger partial charge on any atom is -0.456 e. The summed E-state index contributed by atoms with van der Waals surface area (Å²) < 4.78 is 12.4. The van der Waals surface area contributed by atoms with Gasteiger partial charge in [0.2, 0.25) is 0 Å². The number of hydrogen-bond donors (Lipinski definition) is 0. The normalized spacial score (nSPS) is 11.5. The minimum atomic E-state index is 0.641. The molecule has 0 saturated heterocycles. The lowest BCUT2D eigenvalue weighted by Gasteiger charge is -2.19. The summed E-state index contributed by atoms with van der Waals surface area (Å²) in [5, 5.41) is 14.4. The van der Waals surface area contributed by atoms with Crippen LogP contribution in [0.2, 0.25) is 0 Å². The summed E-state index contributed by atoms with van der Waals surface area (Å²) in [7, 11) is 0. The van der Waals surface area contributed by atoms with Crippen molar-refractivity contribution < 1.29 is 8.83 Å². The number of benzene rings is 7. The lowest BCUT2D eigenvalue weighted by atomic mass is 9.83. The molecule has 3 heteroatoms. The van der Waals surface area contributed by atoms with Crippen LogP contribution in [0.15, 0.2) is 160 Å². The fraction of sp³-hybridized carbons (Fsp3) is 0. The maximum Gasteiger partial charge on any atom is 0.135 e. The van der Waals surface area contributed by atoms with Crippen LogP contribution >= 0.6 is 0 Å². The Bertz CT molecular complexity index is 2650. The number of fused-ring (bicyclic) bond motifs is 6. The zero-order chi connectivity index (χ0) is 30.6. The van der Waals surface area contributed by atoms with E-state index in [0.717, 1.165) is 88.4 Å². The van der Waals surface area contributed by atoms with E-state index in [1.807, 2.05) is 60.7 Å². The number of nitriles is 1. The first-order valence-electron chi connectivity index (χ1n) is 15.3. The van der Waals surface area contributed by atoms with Crippen LogP contribution < -0.4 is 0 Å². The molecule has 0 spiro atoms. The van der Waals surface area contributed by atoms with Gasteiger partial charge in [-0.2, -0.15) is 5.26 Å². The van der Waals surface area contributed by atoms with Gasteiger partial charge in [0.1, 0.15) is 22.3 Å². The van der Waals surface area contributed by atoms with Crippen LogP contribution in [0.25, 0.3) is 88.4 Å². The first-order valence-corrected chi connectivity index (χ1v) is 15.3. The number of hydrogen-bond acceptors (Lipinski definition) is 3. The van der Waals surface area contributed by atoms with Crippen molar-refractivity contribution in [1.82, 2.24) is 0 Å². The molecule has 0 aliphatic heterocycles. The van der Waals surface area contributed by atoms with Gasteiger partial charge in [0.15, 0.2) is 0 Å². The van der Waals surface area contributed by atoms with Gasteiger partial charge in [-0.3, -0.25) is 0 Å². The van der Waals surface area contributed by atoms with Crippen LogP contribution in [0.1, 0.15) is 5.56 Å².